The van der Waals surface area contributed by atoms with Crippen molar-refractivity contribution in [1.82, 2.24) is 14.9 Å². The van der Waals surface area contributed by atoms with Crippen LogP contribution in [-0.4, -0.2) is 39.2 Å². The molecular weight excluding hydrogens is 551 g/mol. The summed E-state index contributed by atoms with van der Waals surface area (Å²) >= 11 is 4.20. The first kappa shape index (κ1) is 23.9. The normalized spacial score (nSPS) is 19.5. The summed E-state index contributed by atoms with van der Waals surface area (Å²) in [6, 6.07) is 4.78. The lowest BCUT2D eigenvalue weighted by molar-refractivity contribution is -0.275. The molecule has 3 amide bonds. The molecule has 0 bridgehead atoms. The number of nitrogens with zero attached hydrogens (tertiary/aromatic N) is 1. The van der Waals surface area contributed by atoms with E-state index >= 15 is 0 Å². The van der Waals surface area contributed by atoms with E-state index in [9.17, 15) is 31.8 Å². The highest BCUT2D eigenvalue weighted by molar-refractivity contribution is 9.10. The van der Waals surface area contributed by atoms with Gasteiger partial charge in [0, 0.05) is 28.9 Å². The van der Waals surface area contributed by atoms with Gasteiger partial charge in [-0.3, -0.25) is 19.7 Å². The molecule has 1 fully saturated rings. The lowest BCUT2D eigenvalue weighted by atomic mass is 10.0. The molecule has 33 heavy (non-hydrogen) atoms. The number of rotatable bonds is 6. The van der Waals surface area contributed by atoms with Crippen LogP contribution in [0.5, 0.6) is 5.75 Å². The molecule has 2 N–H and O–H groups in total. The largest absolute Gasteiger partial charge is 0.573 e. The van der Waals surface area contributed by atoms with Crippen LogP contribution in [0.2, 0.25) is 0 Å². The Morgan fingerprint density at radius 1 is 1.27 bits per heavy atom. The molecule has 0 radical (unpaired) electrons. The number of amides is 3. The molecule has 3 heterocycles. The van der Waals surface area contributed by atoms with E-state index in [1.165, 1.54) is 17.0 Å². The van der Waals surface area contributed by atoms with Gasteiger partial charge >= 0.3 is 6.36 Å². The molecule has 0 aliphatic carbocycles. The number of hydrogen-bond donors (Lipinski definition) is 2. The van der Waals surface area contributed by atoms with Crippen LogP contribution in [-0.2, 0) is 33.7 Å². The van der Waals surface area contributed by atoms with E-state index < -0.39 is 35.0 Å². The number of fused-ring (bicyclic) bond motifs is 1. The van der Waals surface area contributed by atoms with Crippen LogP contribution in [0, 0.1) is 0 Å². The number of hydrogen-bond acceptors (Lipinski definition) is 6. The number of nitrogens with one attached hydrogen (secondary N) is 2. The third-order valence-electron chi connectivity index (χ3n) is 4.95. The zero-order chi connectivity index (χ0) is 23.9. The maximum Gasteiger partial charge on any atom is 0.573 e. The van der Waals surface area contributed by atoms with Crippen molar-refractivity contribution in [1.29, 1.82) is 0 Å². The molecule has 176 valence electrons. The lowest BCUT2D eigenvalue weighted by Crippen LogP contribution is -2.52. The van der Waals surface area contributed by atoms with E-state index in [4.69, 9.17) is 0 Å². The Balaban J connectivity index is 1.42. The highest BCUT2D eigenvalue weighted by Crippen LogP contribution is 2.34. The van der Waals surface area contributed by atoms with Gasteiger partial charge in [0.25, 0.3) is 5.91 Å². The Morgan fingerprint density at radius 3 is 2.70 bits per heavy atom. The van der Waals surface area contributed by atoms with Gasteiger partial charge < -0.3 is 9.64 Å². The number of carbonyl (C=O) groups is 3. The van der Waals surface area contributed by atoms with Crippen LogP contribution >= 0.6 is 27.3 Å². The Kier molecular flexibility index (Phi) is 6.62. The van der Waals surface area contributed by atoms with E-state index in [2.05, 4.69) is 30.7 Å². The van der Waals surface area contributed by atoms with Gasteiger partial charge in [-0.1, -0.05) is 15.9 Å². The van der Waals surface area contributed by atoms with Crippen LogP contribution in [0.1, 0.15) is 33.0 Å². The molecule has 2 aliphatic heterocycles. The number of imide groups is 1. The molecule has 2 unspecified atom stereocenters. The number of halogens is 4. The second-order valence-corrected chi connectivity index (χ2v) is 10.5. The Bertz CT molecular complexity index is 1170. The standard InChI is InChI=1S/C19H15BrF3N3O5S2/c20-10-1-3-14(13(6-10)31-19(21,22)23)33(30)24-7-11-5-9-8-26(18(29)16(9)32-11)12-2-4-15(27)25-17(12)28/h1,3,5-6,12,24H,2,4,7-8H2,(H,25,27,28). The molecule has 1 aromatic heterocycles. The summed E-state index contributed by atoms with van der Waals surface area (Å²) in [7, 11) is -2.02. The topological polar surface area (TPSA) is 105 Å². The van der Waals surface area contributed by atoms with E-state index in [0.717, 1.165) is 17.4 Å². The van der Waals surface area contributed by atoms with Gasteiger partial charge in [0.2, 0.25) is 11.8 Å². The summed E-state index contributed by atoms with van der Waals surface area (Å²) in [6.07, 6.45) is -4.53. The lowest BCUT2D eigenvalue weighted by Gasteiger charge is -2.29. The maximum atomic E-state index is 12.8. The molecule has 0 saturated carbocycles. The summed E-state index contributed by atoms with van der Waals surface area (Å²) in [5.41, 5.74) is 0.696. The Morgan fingerprint density at radius 2 is 2.03 bits per heavy atom. The van der Waals surface area contributed by atoms with Gasteiger partial charge in [-0.25, -0.2) is 8.93 Å². The van der Waals surface area contributed by atoms with Crippen LogP contribution < -0.4 is 14.8 Å². The molecular formula is C19H15BrF3N3O5S2. The summed E-state index contributed by atoms with van der Waals surface area (Å²) in [5.74, 6) is -1.79. The van der Waals surface area contributed by atoms with Crippen molar-refractivity contribution in [2.24, 2.45) is 0 Å². The summed E-state index contributed by atoms with van der Waals surface area (Å²) in [5, 5.41) is 2.23. The van der Waals surface area contributed by atoms with Gasteiger partial charge in [-0.05, 0) is 36.2 Å². The average molecular weight is 566 g/mol. The predicted octanol–water partition coefficient (Wildman–Crippen LogP) is 2.98. The van der Waals surface area contributed by atoms with E-state index in [1.807, 2.05) is 0 Å². The minimum atomic E-state index is -4.94. The number of piperidine rings is 1. The van der Waals surface area contributed by atoms with Crippen molar-refractivity contribution in [2.75, 3.05) is 0 Å². The number of carbonyl (C=O) groups excluding carboxylic acids is 3. The van der Waals surface area contributed by atoms with Gasteiger partial charge in [-0.2, -0.15) is 0 Å². The Hall–Kier alpha value is -2.29. The highest BCUT2D eigenvalue weighted by atomic mass is 79.9. The first-order valence-corrected chi connectivity index (χ1v) is 12.2. The van der Waals surface area contributed by atoms with Crippen molar-refractivity contribution in [2.45, 2.75) is 43.2 Å². The van der Waals surface area contributed by atoms with Crippen molar-refractivity contribution in [3.63, 3.8) is 0 Å². The molecule has 4 rings (SSSR count). The van der Waals surface area contributed by atoms with Crippen LogP contribution in [0.4, 0.5) is 13.2 Å². The summed E-state index contributed by atoms with van der Waals surface area (Å²) in [4.78, 5) is 38.5. The average Bonchev–Trinajstić information content (AvgIpc) is 3.24. The second-order valence-electron chi connectivity index (χ2n) is 7.20. The Labute approximate surface area is 200 Å². The first-order valence-electron chi connectivity index (χ1n) is 9.48. The summed E-state index contributed by atoms with van der Waals surface area (Å²) in [6.45, 7) is 0.244. The molecule has 1 saturated heterocycles. The van der Waals surface area contributed by atoms with E-state index in [1.54, 1.807) is 6.07 Å². The third-order valence-corrected chi connectivity index (χ3v) is 7.75. The molecule has 2 aliphatic rings. The van der Waals surface area contributed by atoms with Crippen molar-refractivity contribution in [3.8, 4) is 5.75 Å². The maximum absolute atomic E-state index is 12.8. The molecule has 1 aromatic carbocycles. The van der Waals surface area contributed by atoms with Crippen LogP contribution in [0.25, 0.3) is 0 Å². The zero-order valence-corrected chi connectivity index (χ0v) is 19.8. The monoisotopic (exact) mass is 565 g/mol. The SMILES string of the molecule is O=C1CCC(N2Cc3cc(CNS(=O)c4ccc(Br)cc4OC(F)(F)F)sc3C2=O)C(=O)N1. The first-order chi connectivity index (χ1) is 15.5. The van der Waals surface area contributed by atoms with Crippen LogP contribution in [0.15, 0.2) is 33.6 Å². The number of benzene rings is 1. The molecule has 0 spiro atoms. The quantitative estimate of drug-likeness (QED) is 0.524. The van der Waals surface area contributed by atoms with Crippen molar-refractivity contribution >= 4 is 56.0 Å². The number of ether oxygens (including phenoxy) is 1. The minimum Gasteiger partial charge on any atom is -0.404 e. The number of alkyl halides is 3. The van der Waals surface area contributed by atoms with Gasteiger partial charge in [0.05, 0.1) is 9.77 Å². The smallest absolute Gasteiger partial charge is 0.404 e. The minimum absolute atomic E-state index is 0.0392. The molecule has 14 heteroatoms. The predicted molar refractivity (Wildman–Crippen MR) is 114 cm³/mol. The van der Waals surface area contributed by atoms with Crippen LogP contribution in [0.3, 0.4) is 0 Å². The fourth-order valence-corrected chi connectivity index (χ4v) is 5.96. The number of thiophene rings is 1. The highest BCUT2D eigenvalue weighted by Gasteiger charge is 2.40. The molecule has 2 atom stereocenters. The fraction of sp³-hybridized carbons (Fsp3) is 0.316. The second kappa shape index (κ2) is 9.16. The molecule has 2 aromatic rings. The van der Waals surface area contributed by atoms with Gasteiger partial charge in [0.1, 0.15) is 22.8 Å². The third kappa shape index (κ3) is 5.28. The van der Waals surface area contributed by atoms with E-state index in [-0.39, 0.29) is 42.6 Å². The zero-order valence-electron chi connectivity index (χ0n) is 16.5. The van der Waals surface area contributed by atoms with Crippen molar-refractivity contribution in [3.05, 3.63) is 44.1 Å². The summed E-state index contributed by atoms with van der Waals surface area (Å²) < 4.78 is 57.6. The van der Waals surface area contributed by atoms with Gasteiger partial charge in [-0.15, -0.1) is 24.5 Å². The van der Waals surface area contributed by atoms with Crippen molar-refractivity contribution < 1.29 is 36.5 Å². The van der Waals surface area contributed by atoms with Gasteiger partial charge in [0.15, 0.2) is 0 Å². The fourth-order valence-electron chi connectivity index (χ4n) is 3.54. The van der Waals surface area contributed by atoms with E-state index in [0.29, 0.717) is 19.8 Å². The molecule has 8 nitrogen and oxygen atoms in total.